The summed E-state index contributed by atoms with van der Waals surface area (Å²) in [5.41, 5.74) is 8.11. The molecule has 0 saturated heterocycles. The van der Waals surface area contributed by atoms with Crippen LogP contribution in [0, 0.1) is 0 Å². The molecule has 1 aromatic carbocycles. The third kappa shape index (κ3) is 6.19. The van der Waals surface area contributed by atoms with E-state index in [9.17, 15) is 0 Å². The van der Waals surface area contributed by atoms with Crippen molar-refractivity contribution in [3.05, 3.63) is 61.3 Å². The molecule has 4 heteroatoms. The van der Waals surface area contributed by atoms with Crippen LogP contribution in [0.4, 0.5) is 0 Å². The monoisotopic (exact) mass is 616 g/mol. The molecule has 0 N–H and O–H groups in total. The number of hydrogen-bond donors (Lipinski definition) is 0. The van der Waals surface area contributed by atoms with Crippen LogP contribution in [0.1, 0.15) is 82.0 Å². The number of rotatable bonds is 8. The fourth-order valence-corrected chi connectivity index (χ4v) is 16.0. The maximum absolute atomic E-state index is 2.61. The Morgan fingerprint density at radius 1 is 1.07 bits per heavy atom. The zero-order chi connectivity index (χ0) is 19.6. The Balaban J connectivity index is 0.00000210. The number of allylic oxidation sites excluding steroid dienone is 5. The van der Waals surface area contributed by atoms with E-state index in [-0.39, 0.29) is 32.7 Å². The second-order valence-electron chi connectivity index (χ2n) is 8.52. The first-order chi connectivity index (χ1) is 12.9. The fourth-order valence-electron chi connectivity index (χ4n) is 4.64. The van der Waals surface area contributed by atoms with Crippen LogP contribution in [0.15, 0.2) is 50.1 Å². The minimum Gasteiger partial charge on any atom is -1.00 e. The van der Waals surface area contributed by atoms with Crippen molar-refractivity contribution in [3.63, 3.8) is 0 Å². The van der Waals surface area contributed by atoms with Crippen LogP contribution in [0.2, 0.25) is 0 Å². The van der Waals surface area contributed by atoms with Gasteiger partial charge in [0.15, 0.2) is 0 Å². The summed E-state index contributed by atoms with van der Waals surface area (Å²) in [6.07, 6.45) is 10.4. The molecule has 0 bridgehead atoms. The van der Waals surface area contributed by atoms with Gasteiger partial charge in [0.25, 0.3) is 0 Å². The van der Waals surface area contributed by atoms with E-state index >= 15 is 0 Å². The number of unbranched alkanes of at least 4 members (excludes halogenated alkanes) is 1. The van der Waals surface area contributed by atoms with Gasteiger partial charge in [0.05, 0.1) is 0 Å². The maximum atomic E-state index is 2.61. The Hall–Kier alpha value is 0.320. The smallest absolute Gasteiger partial charge is 1.00 e. The van der Waals surface area contributed by atoms with E-state index in [0.717, 1.165) is 15.0 Å². The van der Waals surface area contributed by atoms with Crippen molar-refractivity contribution in [2.45, 2.75) is 82.2 Å². The Morgan fingerprint density at radius 3 is 2.34 bits per heavy atom. The molecule has 0 fully saturated rings. The van der Waals surface area contributed by atoms with E-state index in [1.54, 1.807) is 16.7 Å². The quantitative estimate of drug-likeness (QED) is 0.311. The number of fused-ring (bicyclic) bond motifs is 1. The minimum absolute atomic E-state index is 0. The van der Waals surface area contributed by atoms with Crippen molar-refractivity contribution in [1.82, 2.24) is 0 Å². The van der Waals surface area contributed by atoms with Gasteiger partial charge >= 0.3 is 180 Å². The predicted octanol–water partition coefficient (Wildman–Crippen LogP) is 2.27. The predicted molar refractivity (Wildman–Crippen MR) is 119 cm³/mol. The van der Waals surface area contributed by atoms with Crippen molar-refractivity contribution in [1.29, 1.82) is 0 Å². The van der Waals surface area contributed by atoms with Crippen molar-refractivity contribution in [2.24, 2.45) is 0 Å². The average Bonchev–Trinajstić information content (AvgIpc) is 3.14. The number of hydrogen-bond acceptors (Lipinski definition) is 0. The van der Waals surface area contributed by atoms with Gasteiger partial charge in [-0.1, -0.05) is 0 Å². The molecule has 0 nitrogen and oxygen atoms in total. The molecule has 1 aromatic rings. The minimum atomic E-state index is -0.955. The van der Waals surface area contributed by atoms with Gasteiger partial charge in [0.2, 0.25) is 0 Å². The van der Waals surface area contributed by atoms with E-state index < -0.39 is 22.9 Å². The molecule has 2 aliphatic carbocycles. The van der Waals surface area contributed by atoms with Crippen molar-refractivity contribution < 1.29 is 47.7 Å². The third-order valence-electron chi connectivity index (χ3n) is 5.87. The van der Waals surface area contributed by atoms with Crippen LogP contribution < -0.4 is 24.8 Å². The average molecular weight is 616 g/mol. The molecule has 0 spiro atoms. The molecule has 0 aromatic heterocycles. The van der Waals surface area contributed by atoms with Gasteiger partial charge < -0.3 is 24.8 Å². The second kappa shape index (κ2) is 12.4. The van der Waals surface area contributed by atoms with Crippen LogP contribution in [0.25, 0.3) is 6.08 Å². The van der Waals surface area contributed by atoms with Crippen LogP contribution in [-0.2, 0) is 22.9 Å². The molecule has 158 valence electrons. The van der Waals surface area contributed by atoms with Gasteiger partial charge in [-0.15, -0.1) is 0 Å². The number of halogens is 2. The Kier molecular flexibility index (Phi) is 11.7. The van der Waals surface area contributed by atoms with Crippen LogP contribution in [-0.4, -0.2) is 11.3 Å². The summed E-state index contributed by atoms with van der Waals surface area (Å²) >= 11 is -0.955. The normalized spacial score (nSPS) is 17.8. The van der Waals surface area contributed by atoms with Gasteiger partial charge in [-0.2, -0.15) is 0 Å². The fraction of sp³-hybridized carbons (Fsp3) is 0.520. The van der Waals surface area contributed by atoms with Crippen LogP contribution >= 0.6 is 7.92 Å². The summed E-state index contributed by atoms with van der Waals surface area (Å²) in [4.78, 5) is 0. The van der Waals surface area contributed by atoms with Crippen molar-refractivity contribution in [3.8, 4) is 0 Å². The summed E-state index contributed by atoms with van der Waals surface area (Å²) in [7, 11) is -0.0518. The topological polar surface area (TPSA) is 0 Å². The van der Waals surface area contributed by atoms with E-state index in [0.29, 0.717) is 0 Å². The van der Waals surface area contributed by atoms with Crippen LogP contribution in [0.5, 0.6) is 0 Å². The molecule has 0 amide bonds. The third-order valence-corrected chi connectivity index (χ3v) is 16.3. The summed E-state index contributed by atoms with van der Waals surface area (Å²) in [5, 5.41) is 1.84. The molecule has 29 heavy (non-hydrogen) atoms. The Morgan fingerprint density at radius 2 is 1.72 bits per heavy atom. The zero-order valence-corrected chi connectivity index (χ0v) is 24.7. The van der Waals surface area contributed by atoms with E-state index in [4.69, 9.17) is 0 Å². The van der Waals surface area contributed by atoms with Crippen LogP contribution in [0.3, 0.4) is 0 Å². The molecule has 2 aliphatic rings. The first-order valence-electron chi connectivity index (χ1n) is 10.7. The Labute approximate surface area is 204 Å². The van der Waals surface area contributed by atoms with Crippen molar-refractivity contribution in [2.75, 3.05) is 0 Å². The largest absolute Gasteiger partial charge is 1.00 e. The molecule has 0 radical (unpaired) electrons. The zero-order valence-electron chi connectivity index (χ0n) is 18.7. The standard InChI is InChI=1S/C15H20P.C10H15.2ClH.Hf/c1-11(2)16(12(3)4)15-9-13-7-5-6-8-14(13)10-15;1-3-4-7-10-8-5-6-9(10)2;;;/h5-12H,1-4H3;6H,3-5,7H2,1-2H3;2*1H;/q;;;;+2/p-2. The maximum Gasteiger partial charge on any atom is -1.00 e. The molecule has 1 unspecified atom stereocenters. The van der Waals surface area contributed by atoms with E-state index in [1.807, 2.05) is 8.64 Å². The SMILES string of the molecule is CCCCC1=[C]([Hf+2][CH]2C(P(C(C)C)C(C)C)=Cc3ccccc32)CC=C1C.[Cl-].[Cl-]. The first-order valence-corrected chi connectivity index (χ1v) is 16.0. The summed E-state index contributed by atoms with van der Waals surface area (Å²) < 4.78 is 2.71. The molecule has 0 heterocycles. The Bertz CT molecular complexity index is 769. The number of benzene rings is 1. The summed E-state index contributed by atoms with van der Waals surface area (Å²) in [5.74, 6) is 0. The van der Waals surface area contributed by atoms with E-state index in [2.05, 4.69) is 78.0 Å². The summed E-state index contributed by atoms with van der Waals surface area (Å²) in [6.45, 7) is 14.5. The molecule has 0 saturated carbocycles. The van der Waals surface area contributed by atoms with Gasteiger partial charge in [0, 0.05) is 0 Å². The van der Waals surface area contributed by atoms with Crippen molar-refractivity contribution >= 4 is 14.0 Å². The first kappa shape index (κ1) is 27.4. The molecular formula is C25H35Cl2HfP. The molecular weight excluding hydrogens is 581 g/mol. The van der Waals surface area contributed by atoms with E-state index in [1.165, 1.54) is 31.2 Å². The van der Waals surface area contributed by atoms with Gasteiger partial charge in [0.1, 0.15) is 0 Å². The van der Waals surface area contributed by atoms with Gasteiger partial charge in [-0.25, -0.2) is 0 Å². The van der Waals surface area contributed by atoms with Gasteiger partial charge in [-0.05, 0) is 0 Å². The van der Waals surface area contributed by atoms with Gasteiger partial charge in [-0.3, -0.25) is 0 Å². The summed E-state index contributed by atoms with van der Waals surface area (Å²) in [6, 6.07) is 9.29. The molecule has 1 atom stereocenters. The molecule has 0 aliphatic heterocycles. The molecule has 3 rings (SSSR count). The second-order valence-corrected chi connectivity index (χ2v) is 17.2.